The smallest absolute Gasteiger partial charge is 0.435 e. The molecule has 1 aromatic heterocycles. The molecule has 0 saturated heterocycles. The number of aromatic carboxylic acids is 1. The van der Waals surface area contributed by atoms with Gasteiger partial charge in [-0.25, -0.2) is 4.79 Å². The fourth-order valence-electron chi connectivity index (χ4n) is 2.66. The molecule has 0 amide bonds. The van der Waals surface area contributed by atoms with Gasteiger partial charge in [0.05, 0.1) is 6.42 Å². The Morgan fingerprint density at radius 2 is 1.85 bits per heavy atom. The topological polar surface area (TPSA) is 72.0 Å². The normalized spacial score (nSPS) is 20.0. The second-order valence-corrected chi connectivity index (χ2v) is 6.55. The molecular weight excluding hydrogens is 398 g/mol. The van der Waals surface area contributed by atoms with Crippen LogP contribution in [0.15, 0.2) is 33.8 Å². The maximum atomic E-state index is 13.9. The van der Waals surface area contributed by atoms with E-state index in [0.717, 1.165) is 18.2 Å². The summed E-state index contributed by atoms with van der Waals surface area (Å²) in [7, 11) is 0. The lowest BCUT2D eigenvalue weighted by Gasteiger charge is -2.29. The first-order chi connectivity index (χ1) is 12.0. The second-order valence-electron chi connectivity index (χ2n) is 5.67. The maximum Gasteiger partial charge on any atom is 0.435 e. The summed E-state index contributed by atoms with van der Waals surface area (Å²) in [6.07, 6.45) is -5.57. The number of carbonyl (C=O) groups is 1. The summed E-state index contributed by atoms with van der Waals surface area (Å²) in [4.78, 5) is 15.9. The van der Waals surface area contributed by atoms with Gasteiger partial charge >= 0.3 is 12.1 Å². The van der Waals surface area contributed by atoms with Gasteiger partial charge in [0, 0.05) is 21.7 Å². The molecule has 0 radical (unpaired) electrons. The number of hydrogen-bond acceptors (Lipinski definition) is 4. The number of hydrogen-bond donors (Lipinski definition) is 1. The first-order valence-electron chi connectivity index (χ1n) is 7.16. The summed E-state index contributed by atoms with van der Waals surface area (Å²) in [6, 6.07) is 4.59. The number of oxime groups is 1. The Kier molecular flexibility index (Phi) is 4.44. The molecule has 1 aliphatic heterocycles. The standard InChI is InChI=1S/C16H10Cl2F3NO4/c1-7-11(14(23)24)5-13(25-7)12-6-15(26-22-12,16(19,20)21)8-2-9(17)4-10(18)3-8/h2-5H,6H2,1H3,(H,23,24). The highest BCUT2D eigenvalue weighted by Gasteiger charge is 2.62. The van der Waals surface area contributed by atoms with Gasteiger partial charge in [0.15, 0.2) is 5.76 Å². The van der Waals surface area contributed by atoms with Crippen molar-refractivity contribution < 1.29 is 32.3 Å². The molecule has 0 saturated carbocycles. The van der Waals surface area contributed by atoms with Crippen LogP contribution in [-0.2, 0) is 10.4 Å². The van der Waals surface area contributed by atoms with E-state index in [1.807, 2.05) is 0 Å². The Labute approximate surface area is 154 Å². The van der Waals surface area contributed by atoms with Crippen LogP contribution in [0.3, 0.4) is 0 Å². The first-order valence-corrected chi connectivity index (χ1v) is 7.91. The van der Waals surface area contributed by atoms with Crippen molar-refractivity contribution >= 4 is 34.9 Å². The number of benzene rings is 1. The van der Waals surface area contributed by atoms with Gasteiger partial charge in [0.25, 0.3) is 5.60 Å². The second kappa shape index (κ2) is 6.21. The summed E-state index contributed by atoms with van der Waals surface area (Å²) in [5, 5.41) is 12.6. The highest BCUT2D eigenvalue weighted by molar-refractivity contribution is 6.34. The average Bonchev–Trinajstić information content (AvgIpc) is 3.10. The van der Waals surface area contributed by atoms with Crippen LogP contribution in [-0.4, -0.2) is 23.0 Å². The lowest BCUT2D eigenvalue weighted by atomic mass is 9.87. The van der Waals surface area contributed by atoms with Crippen molar-refractivity contribution in [3.63, 3.8) is 0 Å². The minimum absolute atomic E-state index is 0.00943. The Bertz CT molecular complexity index is 902. The third-order valence-electron chi connectivity index (χ3n) is 3.95. The lowest BCUT2D eigenvalue weighted by molar-refractivity contribution is -0.275. The summed E-state index contributed by atoms with van der Waals surface area (Å²) < 4.78 is 46.8. The van der Waals surface area contributed by atoms with Crippen molar-refractivity contribution in [2.45, 2.75) is 25.1 Å². The van der Waals surface area contributed by atoms with E-state index in [1.165, 1.54) is 13.0 Å². The third kappa shape index (κ3) is 3.03. The van der Waals surface area contributed by atoms with Crippen LogP contribution in [0, 0.1) is 6.92 Å². The molecule has 5 nitrogen and oxygen atoms in total. The molecule has 1 unspecified atom stereocenters. The molecule has 1 atom stereocenters. The van der Waals surface area contributed by atoms with E-state index < -0.39 is 24.2 Å². The number of carboxylic acid groups (broad SMARTS) is 1. The van der Waals surface area contributed by atoms with E-state index in [-0.39, 0.29) is 38.4 Å². The molecule has 1 aliphatic rings. The Morgan fingerprint density at radius 3 is 2.35 bits per heavy atom. The van der Waals surface area contributed by atoms with E-state index in [0.29, 0.717) is 0 Å². The average molecular weight is 408 g/mol. The molecule has 0 fully saturated rings. The van der Waals surface area contributed by atoms with Crippen molar-refractivity contribution in [1.82, 2.24) is 0 Å². The Morgan fingerprint density at radius 1 is 1.23 bits per heavy atom. The van der Waals surface area contributed by atoms with Gasteiger partial charge in [-0.05, 0) is 25.1 Å². The molecule has 0 bridgehead atoms. The minimum Gasteiger partial charge on any atom is -0.478 e. The molecule has 1 N–H and O–H groups in total. The van der Waals surface area contributed by atoms with E-state index in [9.17, 15) is 18.0 Å². The highest BCUT2D eigenvalue weighted by atomic mass is 35.5. The zero-order valence-corrected chi connectivity index (χ0v) is 14.5. The number of aryl methyl sites for hydroxylation is 1. The van der Waals surface area contributed by atoms with Crippen LogP contribution in [0.1, 0.15) is 33.9 Å². The quantitative estimate of drug-likeness (QED) is 0.760. The van der Waals surface area contributed by atoms with Gasteiger partial charge in [-0.2, -0.15) is 13.2 Å². The summed E-state index contributed by atoms with van der Waals surface area (Å²) in [6.45, 7) is 1.39. The molecule has 0 aliphatic carbocycles. The maximum absolute atomic E-state index is 13.9. The zero-order valence-electron chi connectivity index (χ0n) is 13.0. The monoisotopic (exact) mass is 407 g/mol. The van der Waals surface area contributed by atoms with Gasteiger partial charge in [-0.3, -0.25) is 0 Å². The molecule has 2 aromatic rings. The van der Waals surface area contributed by atoms with Gasteiger partial charge in [0.1, 0.15) is 17.0 Å². The first kappa shape index (κ1) is 18.6. The summed E-state index contributed by atoms with van der Waals surface area (Å²) in [5.74, 6) is -1.33. The van der Waals surface area contributed by atoms with Crippen molar-refractivity contribution in [2.75, 3.05) is 0 Å². The number of halogens is 5. The SMILES string of the molecule is Cc1oc(C2=NOC(c3cc(Cl)cc(Cl)c3)(C(F)(F)F)C2)cc1C(=O)O. The van der Waals surface area contributed by atoms with Crippen LogP contribution in [0.4, 0.5) is 13.2 Å². The van der Waals surface area contributed by atoms with Crippen LogP contribution >= 0.6 is 23.2 Å². The van der Waals surface area contributed by atoms with E-state index in [1.54, 1.807) is 0 Å². The molecule has 138 valence electrons. The summed E-state index contributed by atoms with van der Waals surface area (Å²) >= 11 is 11.6. The molecule has 1 aromatic carbocycles. The number of alkyl halides is 3. The molecule has 2 heterocycles. The predicted octanol–water partition coefficient (Wildman–Crippen LogP) is 5.18. The van der Waals surface area contributed by atoms with Crippen molar-refractivity contribution in [3.05, 3.63) is 57.0 Å². The van der Waals surface area contributed by atoms with Gasteiger partial charge in [0.2, 0.25) is 0 Å². The van der Waals surface area contributed by atoms with E-state index in [2.05, 4.69) is 5.16 Å². The van der Waals surface area contributed by atoms with E-state index in [4.69, 9.17) is 37.6 Å². The number of carboxylic acids is 1. The molecule has 10 heteroatoms. The lowest BCUT2D eigenvalue weighted by Crippen LogP contribution is -2.42. The van der Waals surface area contributed by atoms with Gasteiger partial charge in [-0.1, -0.05) is 28.4 Å². The van der Waals surface area contributed by atoms with Crippen LogP contribution in [0.5, 0.6) is 0 Å². The highest BCUT2D eigenvalue weighted by Crippen LogP contribution is 2.49. The fraction of sp³-hybridized carbons (Fsp3) is 0.250. The van der Waals surface area contributed by atoms with Gasteiger partial charge in [-0.15, -0.1) is 0 Å². The van der Waals surface area contributed by atoms with Crippen molar-refractivity contribution in [2.24, 2.45) is 5.16 Å². The molecule has 0 spiro atoms. The summed E-state index contributed by atoms with van der Waals surface area (Å²) in [5.41, 5.74) is -3.46. The number of rotatable bonds is 3. The minimum atomic E-state index is -4.84. The van der Waals surface area contributed by atoms with Crippen LogP contribution < -0.4 is 0 Å². The molecular formula is C16H10Cl2F3NO4. The predicted molar refractivity (Wildman–Crippen MR) is 86.8 cm³/mol. The van der Waals surface area contributed by atoms with Crippen molar-refractivity contribution in [1.29, 1.82) is 0 Å². The van der Waals surface area contributed by atoms with Crippen molar-refractivity contribution in [3.8, 4) is 0 Å². The third-order valence-corrected chi connectivity index (χ3v) is 4.38. The molecule has 3 rings (SSSR count). The molecule has 26 heavy (non-hydrogen) atoms. The van der Waals surface area contributed by atoms with Crippen LogP contribution in [0.25, 0.3) is 0 Å². The largest absolute Gasteiger partial charge is 0.478 e. The Balaban J connectivity index is 2.04. The Hall–Kier alpha value is -2.19. The number of nitrogens with zero attached hydrogens (tertiary/aromatic N) is 1. The number of furan rings is 1. The van der Waals surface area contributed by atoms with E-state index >= 15 is 0 Å². The van der Waals surface area contributed by atoms with Crippen LogP contribution in [0.2, 0.25) is 10.0 Å². The fourth-order valence-corrected chi connectivity index (χ4v) is 3.19. The van der Waals surface area contributed by atoms with Gasteiger partial charge < -0.3 is 14.4 Å². The zero-order chi connectivity index (χ0) is 19.3.